The van der Waals surface area contributed by atoms with Crippen LogP contribution >= 0.6 is 0 Å². The Bertz CT molecular complexity index is 619. The topological polar surface area (TPSA) is 78.0 Å². The summed E-state index contributed by atoms with van der Waals surface area (Å²) < 4.78 is 5.22. The minimum Gasteiger partial charge on any atom is -0.444 e. The van der Waals surface area contributed by atoms with E-state index in [9.17, 15) is 4.79 Å². The maximum Gasteiger partial charge on any atom is 0.407 e. The van der Waals surface area contributed by atoms with Crippen molar-refractivity contribution in [2.75, 3.05) is 33.2 Å². The predicted octanol–water partition coefficient (Wildman–Crippen LogP) is 2.34. The first-order chi connectivity index (χ1) is 13.4. The van der Waals surface area contributed by atoms with Gasteiger partial charge in [0.15, 0.2) is 5.96 Å². The zero-order valence-electron chi connectivity index (χ0n) is 17.6. The van der Waals surface area contributed by atoms with Gasteiger partial charge < -0.3 is 20.7 Å². The standard InChI is InChI=1S/C21H35N5O2/c1-21(2,3)28-20(27)24-13-12-23-19(22-4)25-18-10-14-26(15-11-18)16-17-8-6-5-7-9-17/h5-9,18H,10-16H2,1-4H3,(H,24,27)(H2,22,23,25). The van der Waals surface area contributed by atoms with Gasteiger partial charge in [-0.3, -0.25) is 9.89 Å². The van der Waals surface area contributed by atoms with Crippen LogP contribution in [0.15, 0.2) is 35.3 Å². The number of amides is 1. The normalized spacial score (nSPS) is 16.5. The minimum atomic E-state index is -0.482. The summed E-state index contributed by atoms with van der Waals surface area (Å²) in [5, 5.41) is 9.46. The first-order valence-electron chi connectivity index (χ1n) is 10.1. The SMILES string of the molecule is CN=C(NCCNC(=O)OC(C)(C)C)NC1CCN(Cc2ccccc2)CC1. The van der Waals surface area contributed by atoms with E-state index in [2.05, 4.69) is 56.2 Å². The van der Waals surface area contributed by atoms with E-state index in [1.807, 2.05) is 20.8 Å². The van der Waals surface area contributed by atoms with Crippen molar-refractivity contribution >= 4 is 12.1 Å². The van der Waals surface area contributed by atoms with Crippen molar-refractivity contribution in [1.82, 2.24) is 20.9 Å². The van der Waals surface area contributed by atoms with Gasteiger partial charge in [0.05, 0.1) is 0 Å². The molecule has 0 aliphatic carbocycles. The van der Waals surface area contributed by atoms with E-state index in [4.69, 9.17) is 4.74 Å². The van der Waals surface area contributed by atoms with Gasteiger partial charge in [-0.15, -0.1) is 0 Å². The lowest BCUT2D eigenvalue weighted by Gasteiger charge is -2.33. The lowest BCUT2D eigenvalue weighted by molar-refractivity contribution is 0.0529. The molecule has 28 heavy (non-hydrogen) atoms. The third-order valence-corrected chi connectivity index (χ3v) is 4.49. The van der Waals surface area contributed by atoms with Gasteiger partial charge in [-0.25, -0.2) is 4.79 Å². The van der Waals surface area contributed by atoms with Crippen molar-refractivity contribution < 1.29 is 9.53 Å². The molecule has 0 bridgehead atoms. The van der Waals surface area contributed by atoms with Gasteiger partial charge in [0, 0.05) is 45.8 Å². The largest absolute Gasteiger partial charge is 0.444 e. The molecule has 0 aromatic heterocycles. The highest BCUT2D eigenvalue weighted by molar-refractivity contribution is 5.80. The van der Waals surface area contributed by atoms with Crippen molar-refractivity contribution in [3.8, 4) is 0 Å². The molecule has 0 radical (unpaired) electrons. The number of benzene rings is 1. The molecule has 1 amide bonds. The van der Waals surface area contributed by atoms with E-state index >= 15 is 0 Å². The molecule has 1 aliphatic heterocycles. The van der Waals surface area contributed by atoms with E-state index < -0.39 is 11.7 Å². The summed E-state index contributed by atoms with van der Waals surface area (Å²) in [4.78, 5) is 18.4. The molecular weight excluding hydrogens is 354 g/mol. The molecule has 0 saturated carbocycles. The van der Waals surface area contributed by atoms with Crippen LogP contribution < -0.4 is 16.0 Å². The van der Waals surface area contributed by atoms with Gasteiger partial charge in [0.25, 0.3) is 0 Å². The summed E-state index contributed by atoms with van der Waals surface area (Å²) in [6.07, 6.45) is 1.77. The summed E-state index contributed by atoms with van der Waals surface area (Å²) in [7, 11) is 1.77. The Morgan fingerprint density at radius 2 is 1.79 bits per heavy atom. The first-order valence-corrected chi connectivity index (χ1v) is 10.1. The van der Waals surface area contributed by atoms with E-state index in [0.717, 1.165) is 38.4 Å². The monoisotopic (exact) mass is 389 g/mol. The number of guanidine groups is 1. The van der Waals surface area contributed by atoms with Crippen molar-refractivity contribution in [3.05, 3.63) is 35.9 Å². The predicted molar refractivity (Wildman–Crippen MR) is 113 cm³/mol. The van der Waals surface area contributed by atoms with Crippen LogP contribution in [0.2, 0.25) is 0 Å². The zero-order chi connectivity index (χ0) is 20.4. The zero-order valence-corrected chi connectivity index (χ0v) is 17.6. The van der Waals surface area contributed by atoms with Crippen LogP contribution in [0.1, 0.15) is 39.2 Å². The van der Waals surface area contributed by atoms with Crippen LogP contribution in [0.3, 0.4) is 0 Å². The molecule has 156 valence electrons. The third kappa shape index (κ3) is 8.61. The third-order valence-electron chi connectivity index (χ3n) is 4.49. The van der Waals surface area contributed by atoms with E-state index in [1.165, 1.54) is 5.56 Å². The Hall–Kier alpha value is -2.28. The van der Waals surface area contributed by atoms with Crippen molar-refractivity contribution in [2.45, 2.75) is 51.8 Å². The first kappa shape index (κ1) is 22.0. The number of hydrogen-bond donors (Lipinski definition) is 3. The van der Waals surface area contributed by atoms with Gasteiger partial charge >= 0.3 is 6.09 Å². The molecule has 2 rings (SSSR count). The Morgan fingerprint density at radius 3 is 2.39 bits per heavy atom. The number of ether oxygens (including phenoxy) is 1. The number of carbonyl (C=O) groups is 1. The fourth-order valence-corrected chi connectivity index (χ4v) is 3.12. The second-order valence-electron chi connectivity index (χ2n) is 8.11. The summed E-state index contributed by atoms with van der Waals surface area (Å²) in [5.74, 6) is 0.771. The number of carbonyl (C=O) groups excluding carboxylic acids is 1. The maximum atomic E-state index is 11.6. The molecule has 1 aromatic carbocycles. The molecular formula is C21H35N5O2. The minimum absolute atomic E-state index is 0.400. The number of nitrogens with zero attached hydrogens (tertiary/aromatic N) is 2. The Balaban J connectivity index is 1.62. The average molecular weight is 390 g/mol. The Labute approximate surface area is 168 Å². The fourth-order valence-electron chi connectivity index (χ4n) is 3.12. The lowest BCUT2D eigenvalue weighted by atomic mass is 10.0. The highest BCUT2D eigenvalue weighted by atomic mass is 16.6. The van der Waals surface area contributed by atoms with Crippen LogP contribution in [-0.2, 0) is 11.3 Å². The highest BCUT2D eigenvalue weighted by Gasteiger charge is 2.20. The van der Waals surface area contributed by atoms with Crippen LogP contribution in [0.5, 0.6) is 0 Å². The number of aliphatic imine (C=N–C) groups is 1. The van der Waals surface area contributed by atoms with Gasteiger partial charge in [0.1, 0.15) is 5.60 Å². The molecule has 7 heteroatoms. The number of nitrogens with one attached hydrogen (secondary N) is 3. The molecule has 7 nitrogen and oxygen atoms in total. The number of rotatable bonds is 6. The Morgan fingerprint density at radius 1 is 1.14 bits per heavy atom. The fraction of sp³-hybridized carbons (Fsp3) is 0.619. The van der Waals surface area contributed by atoms with Crippen molar-refractivity contribution in [1.29, 1.82) is 0 Å². The number of alkyl carbamates (subject to hydrolysis) is 1. The van der Waals surface area contributed by atoms with Crippen molar-refractivity contribution in [2.24, 2.45) is 4.99 Å². The molecule has 0 unspecified atom stereocenters. The van der Waals surface area contributed by atoms with Crippen LogP contribution in [0.25, 0.3) is 0 Å². The smallest absolute Gasteiger partial charge is 0.407 e. The highest BCUT2D eigenvalue weighted by Crippen LogP contribution is 2.13. The second-order valence-corrected chi connectivity index (χ2v) is 8.11. The molecule has 0 spiro atoms. The number of hydrogen-bond acceptors (Lipinski definition) is 4. The van der Waals surface area contributed by atoms with Crippen LogP contribution in [-0.4, -0.2) is 61.8 Å². The molecule has 1 fully saturated rings. The number of likely N-dealkylation sites (tertiary alicyclic amines) is 1. The molecule has 1 heterocycles. The summed E-state index contributed by atoms with van der Waals surface area (Å²) in [6, 6.07) is 11.0. The van der Waals surface area contributed by atoms with E-state index in [0.29, 0.717) is 19.1 Å². The van der Waals surface area contributed by atoms with Gasteiger partial charge in [-0.2, -0.15) is 0 Å². The molecule has 0 atom stereocenters. The van der Waals surface area contributed by atoms with E-state index in [1.54, 1.807) is 7.05 Å². The van der Waals surface area contributed by atoms with E-state index in [-0.39, 0.29) is 0 Å². The average Bonchev–Trinajstić information content (AvgIpc) is 2.65. The van der Waals surface area contributed by atoms with Gasteiger partial charge in [0.2, 0.25) is 0 Å². The van der Waals surface area contributed by atoms with Crippen LogP contribution in [0, 0.1) is 0 Å². The quantitative estimate of drug-likeness (QED) is 0.395. The number of piperidine rings is 1. The van der Waals surface area contributed by atoms with Gasteiger partial charge in [-0.05, 0) is 39.2 Å². The molecule has 3 N–H and O–H groups in total. The second kappa shape index (κ2) is 10.9. The molecule has 1 aromatic rings. The van der Waals surface area contributed by atoms with Crippen molar-refractivity contribution in [3.63, 3.8) is 0 Å². The lowest BCUT2D eigenvalue weighted by Crippen LogP contribution is -2.49. The molecule has 1 saturated heterocycles. The summed E-state index contributed by atoms with van der Waals surface area (Å²) >= 11 is 0. The maximum absolute atomic E-state index is 11.6. The van der Waals surface area contributed by atoms with Gasteiger partial charge in [-0.1, -0.05) is 30.3 Å². The summed E-state index contributed by atoms with van der Waals surface area (Å²) in [5.41, 5.74) is 0.883. The van der Waals surface area contributed by atoms with Crippen LogP contribution in [0.4, 0.5) is 4.79 Å². The summed E-state index contributed by atoms with van der Waals surface area (Å²) in [6.45, 7) is 9.77. The Kier molecular flexibility index (Phi) is 8.57. The molecule has 1 aliphatic rings.